The van der Waals surface area contributed by atoms with Crippen LogP contribution in [0.1, 0.15) is 23.4 Å². The second kappa shape index (κ2) is 5.66. The SMILES string of the molecule is O=S(=O)(Nc1nc2c(s1)CCCC2)c1ccc(Br)c(F)c1. The highest BCUT2D eigenvalue weighted by Gasteiger charge is 2.21. The van der Waals surface area contributed by atoms with Crippen molar-refractivity contribution in [1.82, 2.24) is 4.98 Å². The maximum Gasteiger partial charge on any atom is 0.263 e. The van der Waals surface area contributed by atoms with Gasteiger partial charge in [-0.05, 0) is 59.8 Å². The van der Waals surface area contributed by atoms with Gasteiger partial charge >= 0.3 is 0 Å². The van der Waals surface area contributed by atoms with Crippen molar-refractivity contribution < 1.29 is 12.8 Å². The molecule has 1 aromatic heterocycles. The van der Waals surface area contributed by atoms with Crippen molar-refractivity contribution in [3.8, 4) is 0 Å². The van der Waals surface area contributed by atoms with Crippen LogP contribution in [0.2, 0.25) is 0 Å². The minimum atomic E-state index is -3.81. The second-order valence-electron chi connectivity index (χ2n) is 4.78. The molecule has 1 aromatic carbocycles. The summed E-state index contributed by atoms with van der Waals surface area (Å²) in [5.41, 5.74) is 0.978. The molecule has 3 rings (SSSR count). The number of thiazole rings is 1. The Balaban J connectivity index is 1.88. The highest BCUT2D eigenvalue weighted by atomic mass is 79.9. The van der Waals surface area contributed by atoms with E-state index in [0.717, 1.165) is 42.3 Å². The third-order valence-electron chi connectivity index (χ3n) is 3.27. The number of hydrogen-bond donors (Lipinski definition) is 1. The summed E-state index contributed by atoms with van der Waals surface area (Å²) in [4.78, 5) is 5.35. The topological polar surface area (TPSA) is 59.1 Å². The lowest BCUT2D eigenvalue weighted by molar-refractivity contribution is 0.593. The fraction of sp³-hybridized carbons (Fsp3) is 0.308. The van der Waals surface area contributed by atoms with E-state index in [1.54, 1.807) is 0 Å². The van der Waals surface area contributed by atoms with Crippen molar-refractivity contribution in [3.05, 3.63) is 39.1 Å². The van der Waals surface area contributed by atoms with E-state index in [1.807, 2.05) is 0 Å². The summed E-state index contributed by atoms with van der Waals surface area (Å²) in [5.74, 6) is -0.615. The molecule has 1 N–H and O–H groups in total. The smallest absolute Gasteiger partial charge is 0.255 e. The van der Waals surface area contributed by atoms with E-state index >= 15 is 0 Å². The van der Waals surface area contributed by atoms with Gasteiger partial charge in [-0.1, -0.05) is 0 Å². The fourth-order valence-corrected chi connectivity index (χ4v) is 4.76. The lowest BCUT2D eigenvalue weighted by atomic mass is 10.0. The Kier molecular flexibility index (Phi) is 4.02. The molecule has 1 aliphatic rings. The van der Waals surface area contributed by atoms with Crippen LogP contribution in [0.4, 0.5) is 9.52 Å². The standard InChI is InChI=1S/C13H12BrFN2O2S2/c14-9-6-5-8(7-10(9)15)21(18,19)17-13-16-11-3-1-2-4-12(11)20-13/h5-7H,1-4H2,(H,16,17). The minimum Gasteiger partial charge on any atom is -0.255 e. The Morgan fingerprint density at radius 3 is 2.76 bits per heavy atom. The average molecular weight is 391 g/mol. The van der Waals surface area contributed by atoms with Crippen LogP contribution in [0.15, 0.2) is 27.6 Å². The summed E-state index contributed by atoms with van der Waals surface area (Å²) < 4.78 is 40.6. The molecule has 112 valence electrons. The molecule has 0 fully saturated rings. The lowest BCUT2D eigenvalue weighted by Crippen LogP contribution is -2.13. The van der Waals surface area contributed by atoms with Crippen molar-refractivity contribution in [2.75, 3.05) is 4.72 Å². The average Bonchev–Trinajstić information content (AvgIpc) is 2.82. The van der Waals surface area contributed by atoms with Gasteiger partial charge in [-0.3, -0.25) is 4.72 Å². The van der Waals surface area contributed by atoms with E-state index in [2.05, 4.69) is 25.6 Å². The molecule has 4 nitrogen and oxygen atoms in total. The molecular formula is C13H12BrFN2O2S2. The molecule has 0 unspecified atom stereocenters. The third-order valence-corrected chi connectivity index (χ3v) is 6.45. The van der Waals surface area contributed by atoms with E-state index in [4.69, 9.17) is 0 Å². The van der Waals surface area contributed by atoms with Crippen LogP contribution in [-0.2, 0) is 22.9 Å². The summed E-state index contributed by atoms with van der Waals surface area (Å²) in [5, 5.41) is 0.352. The summed E-state index contributed by atoms with van der Waals surface area (Å²) in [6, 6.07) is 3.71. The lowest BCUT2D eigenvalue weighted by Gasteiger charge is -2.06. The number of aromatic nitrogens is 1. The fourth-order valence-electron chi connectivity index (χ4n) is 2.21. The van der Waals surface area contributed by atoms with Crippen molar-refractivity contribution in [2.24, 2.45) is 0 Å². The largest absolute Gasteiger partial charge is 0.263 e. The predicted octanol–water partition coefficient (Wildman–Crippen LogP) is 3.72. The Labute approximate surface area is 134 Å². The zero-order valence-corrected chi connectivity index (χ0v) is 14.1. The summed E-state index contributed by atoms with van der Waals surface area (Å²) >= 11 is 4.36. The van der Waals surface area contributed by atoms with Crippen LogP contribution in [-0.4, -0.2) is 13.4 Å². The first kappa shape index (κ1) is 14.9. The van der Waals surface area contributed by atoms with Crippen LogP contribution in [0, 0.1) is 5.82 Å². The number of anilines is 1. The van der Waals surface area contributed by atoms with Gasteiger partial charge in [0, 0.05) is 4.88 Å². The molecule has 1 heterocycles. The highest BCUT2D eigenvalue weighted by Crippen LogP contribution is 2.31. The zero-order chi connectivity index (χ0) is 15.0. The maximum absolute atomic E-state index is 13.5. The normalized spacial score (nSPS) is 14.8. The van der Waals surface area contributed by atoms with Gasteiger partial charge in [-0.15, -0.1) is 11.3 Å². The number of nitrogens with zero attached hydrogens (tertiary/aromatic N) is 1. The van der Waals surface area contributed by atoms with Crippen molar-refractivity contribution in [3.63, 3.8) is 0 Å². The van der Waals surface area contributed by atoms with Gasteiger partial charge < -0.3 is 0 Å². The first-order valence-electron chi connectivity index (χ1n) is 6.42. The number of benzene rings is 1. The van der Waals surface area contributed by atoms with Crippen LogP contribution in [0.5, 0.6) is 0 Å². The first-order valence-corrected chi connectivity index (χ1v) is 9.51. The van der Waals surface area contributed by atoms with Crippen molar-refractivity contribution in [2.45, 2.75) is 30.6 Å². The van der Waals surface area contributed by atoms with Gasteiger partial charge in [0.2, 0.25) is 0 Å². The quantitative estimate of drug-likeness (QED) is 0.868. The maximum atomic E-state index is 13.5. The Hall–Kier alpha value is -0.990. The van der Waals surface area contributed by atoms with Crippen LogP contribution in [0.3, 0.4) is 0 Å². The molecule has 0 saturated heterocycles. The van der Waals surface area contributed by atoms with Gasteiger partial charge in [0.05, 0.1) is 15.1 Å². The molecular weight excluding hydrogens is 379 g/mol. The molecule has 0 aliphatic heterocycles. The molecule has 2 aromatic rings. The summed E-state index contributed by atoms with van der Waals surface area (Å²) in [6.07, 6.45) is 4.03. The molecule has 0 amide bonds. The summed E-state index contributed by atoms with van der Waals surface area (Å²) in [7, 11) is -3.81. The molecule has 0 radical (unpaired) electrons. The van der Waals surface area contributed by atoms with E-state index < -0.39 is 15.8 Å². The van der Waals surface area contributed by atoms with Gasteiger partial charge in [0.1, 0.15) is 5.82 Å². The highest BCUT2D eigenvalue weighted by molar-refractivity contribution is 9.10. The number of hydrogen-bond acceptors (Lipinski definition) is 4. The van der Waals surface area contributed by atoms with Crippen molar-refractivity contribution >= 4 is 42.4 Å². The van der Waals surface area contributed by atoms with E-state index in [9.17, 15) is 12.8 Å². The van der Waals surface area contributed by atoms with Crippen molar-refractivity contribution in [1.29, 1.82) is 0 Å². The molecule has 8 heteroatoms. The second-order valence-corrected chi connectivity index (χ2v) is 8.40. The number of rotatable bonds is 3. The Bertz CT molecular complexity index is 766. The van der Waals surface area contributed by atoms with Gasteiger partial charge in [-0.2, -0.15) is 0 Å². The number of aryl methyl sites for hydroxylation is 2. The third kappa shape index (κ3) is 3.12. The van der Waals surface area contributed by atoms with E-state index in [-0.39, 0.29) is 9.37 Å². The van der Waals surface area contributed by atoms with E-state index in [0.29, 0.717) is 5.13 Å². The summed E-state index contributed by atoms with van der Waals surface area (Å²) in [6.45, 7) is 0. The molecule has 0 atom stereocenters. The first-order chi connectivity index (χ1) is 9.95. The molecule has 0 spiro atoms. The Morgan fingerprint density at radius 1 is 1.29 bits per heavy atom. The van der Waals surface area contributed by atoms with Gasteiger partial charge in [0.15, 0.2) is 5.13 Å². The minimum absolute atomic E-state index is 0.114. The molecule has 0 saturated carbocycles. The molecule has 1 aliphatic carbocycles. The van der Waals surface area contributed by atoms with Crippen LogP contribution >= 0.6 is 27.3 Å². The number of sulfonamides is 1. The number of halogens is 2. The van der Waals surface area contributed by atoms with E-state index in [1.165, 1.54) is 23.5 Å². The monoisotopic (exact) mass is 390 g/mol. The van der Waals surface area contributed by atoms with Gasteiger partial charge in [0.25, 0.3) is 10.0 Å². The zero-order valence-electron chi connectivity index (χ0n) is 10.9. The molecule has 21 heavy (non-hydrogen) atoms. The number of nitrogens with one attached hydrogen (secondary N) is 1. The van der Waals surface area contributed by atoms with Gasteiger partial charge in [-0.25, -0.2) is 17.8 Å². The number of fused-ring (bicyclic) bond motifs is 1. The predicted molar refractivity (Wildman–Crippen MR) is 83.7 cm³/mol. The van der Waals surface area contributed by atoms with Crippen LogP contribution in [0.25, 0.3) is 0 Å². The Morgan fingerprint density at radius 2 is 2.05 bits per heavy atom. The van der Waals surface area contributed by atoms with Crippen LogP contribution < -0.4 is 4.72 Å². The molecule has 0 bridgehead atoms.